The number of carbonyl (C=O) groups is 1. The van der Waals surface area contributed by atoms with E-state index in [1.54, 1.807) is 37.7 Å². The SMILES string of the molecule is COc1ccc(NC(=O)N(Cc2ccsc2)C2CC2)cc1OC. The Hall–Kier alpha value is -2.21. The van der Waals surface area contributed by atoms with Crippen LogP contribution in [0.2, 0.25) is 0 Å². The van der Waals surface area contributed by atoms with E-state index in [-0.39, 0.29) is 6.03 Å². The fraction of sp³-hybridized carbons (Fsp3) is 0.353. The van der Waals surface area contributed by atoms with Crippen LogP contribution in [0.4, 0.5) is 10.5 Å². The van der Waals surface area contributed by atoms with Gasteiger partial charge in [-0.15, -0.1) is 0 Å². The minimum Gasteiger partial charge on any atom is -0.493 e. The van der Waals surface area contributed by atoms with Crippen LogP contribution in [0.25, 0.3) is 0 Å². The van der Waals surface area contributed by atoms with E-state index in [2.05, 4.69) is 16.8 Å². The summed E-state index contributed by atoms with van der Waals surface area (Å²) in [6.07, 6.45) is 2.15. The van der Waals surface area contributed by atoms with Crippen molar-refractivity contribution in [3.63, 3.8) is 0 Å². The maximum absolute atomic E-state index is 12.6. The summed E-state index contributed by atoms with van der Waals surface area (Å²) in [5.74, 6) is 1.24. The van der Waals surface area contributed by atoms with E-state index in [0.717, 1.165) is 12.8 Å². The van der Waals surface area contributed by atoms with Gasteiger partial charge in [0.2, 0.25) is 0 Å². The number of hydrogen-bond donors (Lipinski definition) is 1. The maximum atomic E-state index is 12.6. The molecule has 2 amide bonds. The molecule has 6 heteroatoms. The molecule has 0 saturated heterocycles. The van der Waals surface area contributed by atoms with Crippen molar-refractivity contribution in [2.45, 2.75) is 25.4 Å². The molecule has 0 spiro atoms. The zero-order chi connectivity index (χ0) is 16.2. The fourth-order valence-corrected chi connectivity index (χ4v) is 3.10. The summed E-state index contributed by atoms with van der Waals surface area (Å²) in [4.78, 5) is 14.5. The molecule has 0 radical (unpaired) electrons. The lowest BCUT2D eigenvalue weighted by Crippen LogP contribution is -2.36. The zero-order valence-corrected chi connectivity index (χ0v) is 14.1. The third kappa shape index (κ3) is 3.76. The Balaban J connectivity index is 1.71. The summed E-state index contributed by atoms with van der Waals surface area (Å²) < 4.78 is 10.5. The number of nitrogens with zero attached hydrogens (tertiary/aromatic N) is 1. The highest BCUT2D eigenvalue weighted by Gasteiger charge is 2.32. The Bertz CT molecular complexity index is 668. The largest absolute Gasteiger partial charge is 0.493 e. The lowest BCUT2D eigenvalue weighted by Gasteiger charge is -2.22. The summed E-state index contributed by atoms with van der Waals surface area (Å²) >= 11 is 1.65. The highest BCUT2D eigenvalue weighted by Crippen LogP contribution is 2.32. The van der Waals surface area contributed by atoms with Crippen molar-refractivity contribution in [3.05, 3.63) is 40.6 Å². The molecule has 23 heavy (non-hydrogen) atoms. The van der Waals surface area contributed by atoms with Crippen LogP contribution >= 0.6 is 11.3 Å². The number of amides is 2. The first-order chi connectivity index (χ1) is 11.2. The van der Waals surface area contributed by atoms with Crippen LogP contribution in [0.5, 0.6) is 11.5 Å². The highest BCUT2D eigenvalue weighted by molar-refractivity contribution is 7.07. The summed E-state index contributed by atoms with van der Waals surface area (Å²) in [7, 11) is 3.17. The normalized spacial score (nSPS) is 13.5. The molecule has 0 bridgehead atoms. The van der Waals surface area contributed by atoms with Gasteiger partial charge in [0.1, 0.15) is 0 Å². The minimum atomic E-state index is -0.0779. The molecular weight excluding hydrogens is 312 g/mol. The molecule has 1 N–H and O–H groups in total. The third-order valence-electron chi connectivity index (χ3n) is 3.82. The maximum Gasteiger partial charge on any atom is 0.322 e. The van der Waals surface area contributed by atoms with Crippen LogP contribution < -0.4 is 14.8 Å². The van der Waals surface area contributed by atoms with E-state index in [1.165, 1.54) is 5.56 Å². The molecule has 1 fully saturated rings. The van der Waals surface area contributed by atoms with E-state index < -0.39 is 0 Å². The van der Waals surface area contributed by atoms with Crippen molar-refractivity contribution in [2.24, 2.45) is 0 Å². The molecule has 1 aliphatic carbocycles. The molecule has 122 valence electrons. The molecule has 0 aliphatic heterocycles. The van der Waals surface area contributed by atoms with Gasteiger partial charge >= 0.3 is 6.03 Å². The van der Waals surface area contributed by atoms with Gasteiger partial charge in [-0.1, -0.05) is 0 Å². The van der Waals surface area contributed by atoms with Crippen LogP contribution in [0.3, 0.4) is 0 Å². The number of carbonyl (C=O) groups excluding carboxylic acids is 1. The minimum absolute atomic E-state index is 0.0779. The number of nitrogens with one attached hydrogen (secondary N) is 1. The van der Waals surface area contributed by atoms with Gasteiger partial charge in [-0.3, -0.25) is 0 Å². The third-order valence-corrected chi connectivity index (χ3v) is 4.55. The van der Waals surface area contributed by atoms with Crippen molar-refractivity contribution < 1.29 is 14.3 Å². The van der Waals surface area contributed by atoms with Crippen molar-refractivity contribution in [2.75, 3.05) is 19.5 Å². The second kappa shape index (κ2) is 6.91. The monoisotopic (exact) mass is 332 g/mol. The molecule has 3 rings (SSSR count). The first-order valence-electron chi connectivity index (χ1n) is 7.52. The quantitative estimate of drug-likeness (QED) is 0.871. The van der Waals surface area contributed by atoms with Gasteiger partial charge in [0.05, 0.1) is 14.2 Å². The predicted octanol–water partition coefficient (Wildman–Crippen LogP) is 3.96. The number of thiophene rings is 1. The number of benzene rings is 1. The number of hydrogen-bond acceptors (Lipinski definition) is 4. The number of methoxy groups -OCH3 is 2. The van der Waals surface area contributed by atoms with Crippen molar-refractivity contribution >= 4 is 23.1 Å². The van der Waals surface area contributed by atoms with E-state index in [1.807, 2.05) is 16.3 Å². The average Bonchev–Trinajstić information content (AvgIpc) is 3.28. The molecular formula is C17H20N2O3S. The highest BCUT2D eigenvalue weighted by atomic mass is 32.1. The Morgan fingerprint density at radius 2 is 2.04 bits per heavy atom. The van der Waals surface area contributed by atoms with Gasteiger partial charge in [0, 0.05) is 24.3 Å². The smallest absolute Gasteiger partial charge is 0.322 e. The Labute approximate surface area is 139 Å². The number of ether oxygens (including phenoxy) is 2. The lowest BCUT2D eigenvalue weighted by molar-refractivity contribution is 0.206. The first-order valence-corrected chi connectivity index (χ1v) is 8.46. The summed E-state index contributed by atoms with van der Waals surface area (Å²) in [5.41, 5.74) is 1.87. The molecule has 2 aromatic rings. The Morgan fingerprint density at radius 3 is 2.65 bits per heavy atom. The lowest BCUT2D eigenvalue weighted by atomic mass is 10.2. The first kappa shape index (κ1) is 15.7. The fourth-order valence-electron chi connectivity index (χ4n) is 2.44. The van der Waals surface area contributed by atoms with Crippen LogP contribution in [-0.2, 0) is 6.54 Å². The Morgan fingerprint density at radius 1 is 1.26 bits per heavy atom. The molecule has 1 heterocycles. The average molecular weight is 332 g/mol. The standard InChI is InChI=1S/C17H20N2O3S/c1-21-15-6-3-13(9-16(15)22-2)18-17(20)19(14-4-5-14)10-12-7-8-23-11-12/h3,6-9,11,14H,4-5,10H2,1-2H3,(H,18,20). The predicted molar refractivity (Wildman–Crippen MR) is 91.4 cm³/mol. The van der Waals surface area contributed by atoms with Gasteiger partial charge in [0.25, 0.3) is 0 Å². The topological polar surface area (TPSA) is 50.8 Å². The second-order valence-corrected chi connectivity index (χ2v) is 6.27. The molecule has 1 saturated carbocycles. The summed E-state index contributed by atoms with van der Waals surface area (Å²) in [5, 5.41) is 7.07. The molecule has 0 unspecified atom stereocenters. The van der Waals surface area contributed by atoms with Crippen molar-refractivity contribution in [1.29, 1.82) is 0 Å². The van der Waals surface area contributed by atoms with Gasteiger partial charge in [0.15, 0.2) is 11.5 Å². The van der Waals surface area contributed by atoms with Crippen LogP contribution in [0, 0.1) is 0 Å². The Kier molecular flexibility index (Phi) is 4.71. The van der Waals surface area contributed by atoms with Gasteiger partial charge in [-0.25, -0.2) is 4.79 Å². The van der Waals surface area contributed by atoms with E-state index in [9.17, 15) is 4.79 Å². The molecule has 1 aliphatic rings. The second-order valence-electron chi connectivity index (χ2n) is 5.49. The van der Waals surface area contributed by atoms with Gasteiger partial charge in [-0.2, -0.15) is 11.3 Å². The van der Waals surface area contributed by atoms with Crippen molar-refractivity contribution in [1.82, 2.24) is 4.90 Å². The van der Waals surface area contributed by atoms with Crippen molar-refractivity contribution in [3.8, 4) is 11.5 Å². The van der Waals surface area contributed by atoms with Gasteiger partial charge < -0.3 is 19.7 Å². The molecule has 5 nitrogen and oxygen atoms in total. The van der Waals surface area contributed by atoms with Crippen LogP contribution in [0.1, 0.15) is 18.4 Å². The molecule has 1 aromatic heterocycles. The number of rotatable bonds is 6. The van der Waals surface area contributed by atoms with E-state index in [0.29, 0.717) is 29.8 Å². The van der Waals surface area contributed by atoms with Gasteiger partial charge in [-0.05, 0) is 47.4 Å². The number of urea groups is 1. The van der Waals surface area contributed by atoms with Crippen LogP contribution in [-0.4, -0.2) is 31.2 Å². The van der Waals surface area contributed by atoms with E-state index >= 15 is 0 Å². The van der Waals surface area contributed by atoms with Crippen LogP contribution in [0.15, 0.2) is 35.0 Å². The summed E-state index contributed by atoms with van der Waals surface area (Å²) in [6, 6.07) is 7.70. The zero-order valence-electron chi connectivity index (χ0n) is 13.2. The molecule has 1 aromatic carbocycles. The summed E-state index contributed by atoms with van der Waals surface area (Å²) in [6.45, 7) is 0.646. The number of anilines is 1. The van der Waals surface area contributed by atoms with E-state index in [4.69, 9.17) is 9.47 Å². The molecule has 0 atom stereocenters.